The minimum absolute atomic E-state index is 0.621. The van der Waals surface area contributed by atoms with Gasteiger partial charge in [-0.2, -0.15) is 0 Å². The van der Waals surface area contributed by atoms with Crippen molar-refractivity contribution in [1.29, 1.82) is 0 Å². The third kappa shape index (κ3) is 3.03. The molecular formula is C18H22N2O. The molecule has 0 aliphatic carbocycles. The maximum Gasteiger partial charge on any atom is 0.104 e. The molecule has 0 radical (unpaired) electrons. The Morgan fingerprint density at radius 3 is 2.29 bits per heavy atom. The second-order valence-electron chi connectivity index (χ2n) is 5.68. The second-order valence-corrected chi connectivity index (χ2v) is 5.68. The molecule has 3 rings (SSSR count). The molecule has 1 saturated heterocycles. The van der Waals surface area contributed by atoms with Gasteiger partial charge in [0.05, 0.1) is 11.4 Å². The van der Waals surface area contributed by atoms with Gasteiger partial charge in [-0.3, -0.25) is 0 Å². The van der Waals surface area contributed by atoms with Gasteiger partial charge in [-0.25, -0.2) is 0 Å². The fourth-order valence-electron chi connectivity index (χ4n) is 2.99. The average Bonchev–Trinajstić information content (AvgIpc) is 2.55. The van der Waals surface area contributed by atoms with E-state index in [-0.39, 0.29) is 0 Å². The molecule has 0 saturated carbocycles. The Hall–Kier alpha value is -2.00. The van der Waals surface area contributed by atoms with E-state index in [0.29, 0.717) is 0 Å². The molecule has 1 atom stereocenters. The number of aliphatic hydroxyl groups excluding tert-OH is 1. The van der Waals surface area contributed by atoms with Crippen molar-refractivity contribution in [2.45, 2.75) is 25.4 Å². The normalized spacial score (nSPS) is 16.7. The molecule has 0 aromatic heterocycles. The quantitative estimate of drug-likeness (QED) is 0.849. The fraction of sp³-hybridized carbons (Fsp3) is 0.333. The lowest BCUT2D eigenvalue weighted by molar-refractivity contribution is 0.220. The molecule has 1 heterocycles. The van der Waals surface area contributed by atoms with Crippen LogP contribution in [0, 0.1) is 0 Å². The SMILES string of the molecule is Nc1cc(C(O)c2ccccc2)ccc1N1CCCCC1. The molecule has 2 aromatic rings. The van der Waals surface area contributed by atoms with E-state index in [4.69, 9.17) is 5.73 Å². The zero-order valence-electron chi connectivity index (χ0n) is 12.2. The number of anilines is 2. The first-order valence-corrected chi connectivity index (χ1v) is 7.63. The van der Waals surface area contributed by atoms with Crippen molar-refractivity contribution >= 4 is 11.4 Å². The molecule has 1 fully saturated rings. The third-order valence-corrected chi connectivity index (χ3v) is 4.18. The molecule has 3 N–H and O–H groups in total. The molecule has 0 spiro atoms. The zero-order valence-corrected chi connectivity index (χ0v) is 12.2. The van der Waals surface area contributed by atoms with Gasteiger partial charge >= 0.3 is 0 Å². The summed E-state index contributed by atoms with van der Waals surface area (Å²) in [6, 6.07) is 15.6. The van der Waals surface area contributed by atoms with E-state index < -0.39 is 6.10 Å². The van der Waals surface area contributed by atoms with E-state index in [1.54, 1.807) is 0 Å². The highest BCUT2D eigenvalue weighted by Crippen LogP contribution is 2.31. The van der Waals surface area contributed by atoms with Crippen LogP contribution in [0.5, 0.6) is 0 Å². The van der Waals surface area contributed by atoms with Crippen LogP contribution in [0.3, 0.4) is 0 Å². The predicted molar refractivity (Wildman–Crippen MR) is 87.4 cm³/mol. The number of piperidine rings is 1. The number of hydrogen-bond donors (Lipinski definition) is 2. The molecule has 2 aromatic carbocycles. The summed E-state index contributed by atoms with van der Waals surface area (Å²) >= 11 is 0. The van der Waals surface area contributed by atoms with Crippen LogP contribution < -0.4 is 10.6 Å². The van der Waals surface area contributed by atoms with E-state index in [1.807, 2.05) is 48.5 Å². The topological polar surface area (TPSA) is 49.5 Å². The Balaban J connectivity index is 1.83. The predicted octanol–water partition coefficient (Wildman–Crippen LogP) is 3.34. The van der Waals surface area contributed by atoms with Gasteiger partial charge in [0.1, 0.15) is 6.10 Å². The number of nitrogens with zero attached hydrogens (tertiary/aromatic N) is 1. The summed E-state index contributed by atoms with van der Waals surface area (Å²) in [5.74, 6) is 0. The Labute approximate surface area is 126 Å². The van der Waals surface area contributed by atoms with Gasteiger partial charge in [-0.05, 0) is 42.5 Å². The van der Waals surface area contributed by atoms with Crippen molar-refractivity contribution in [2.24, 2.45) is 0 Å². The standard InChI is InChI=1S/C18H22N2O/c19-16-13-15(18(21)14-7-3-1-4-8-14)9-10-17(16)20-11-5-2-6-12-20/h1,3-4,7-10,13,18,21H,2,5-6,11-12,19H2. The van der Waals surface area contributed by atoms with Crippen LogP contribution >= 0.6 is 0 Å². The first-order chi connectivity index (χ1) is 10.3. The highest BCUT2D eigenvalue weighted by Gasteiger charge is 2.16. The van der Waals surface area contributed by atoms with E-state index >= 15 is 0 Å². The maximum absolute atomic E-state index is 10.4. The average molecular weight is 282 g/mol. The Morgan fingerprint density at radius 2 is 1.62 bits per heavy atom. The maximum atomic E-state index is 10.4. The Bertz CT molecular complexity index is 591. The van der Waals surface area contributed by atoms with Crippen LogP contribution in [-0.4, -0.2) is 18.2 Å². The number of rotatable bonds is 3. The molecule has 1 aliphatic heterocycles. The molecule has 1 aliphatic rings. The number of hydrogen-bond acceptors (Lipinski definition) is 3. The highest BCUT2D eigenvalue weighted by atomic mass is 16.3. The van der Waals surface area contributed by atoms with Crippen molar-refractivity contribution < 1.29 is 5.11 Å². The lowest BCUT2D eigenvalue weighted by Gasteiger charge is -2.30. The fourth-order valence-corrected chi connectivity index (χ4v) is 2.99. The summed E-state index contributed by atoms with van der Waals surface area (Å²) in [6.45, 7) is 2.15. The minimum Gasteiger partial charge on any atom is -0.397 e. The van der Waals surface area contributed by atoms with Gasteiger partial charge in [-0.15, -0.1) is 0 Å². The lowest BCUT2D eigenvalue weighted by atomic mass is 10.00. The van der Waals surface area contributed by atoms with Crippen molar-refractivity contribution in [3.05, 3.63) is 59.7 Å². The van der Waals surface area contributed by atoms with E-state index in [0.717, 1.165) is 35.6 Å². The smallest absolute Gasteiger partial charge is 0.104 e. The molecule has 0 bridgehead atoms. The summed E-state index contributed by atoms with van der Waals surface area (Å²) in [7, 11) is 0. The van der Waals surface area contributed by atoms with Crippen LogP contribution in [0.25, 0.3) is 0 Å². The van der Waals surface area contributed by atoms with Crippen LogP contribution in [0.1, 0.15) is 36.5 Å². The number of benzene rings is 2. The van der Waals surface area contributed by atoms with Crippen molar-refractivity contribution in [3.8, 4) is 0 Å². The summed E-state index contributed by atoms with van der Waals surface area (Å²) in [4.78, 5) is 2.34. The minimum atomic E-state index is -0.621. The zero-order chi connectivity index (χ0) is 14.7. The number of aliphatic hydroxyl groups is 1. The Kier molecular flexibility index (Phi) is 4.11. The largest absolute Gasteiger partial charge is 0.397 e. The summed E-state index contributed by atoms with van der Waals surface area (Å²) < 4.78 is 0. The van der Waals surface area contributed by atoms with E-state index in [2.05, 4.69) is 4.90 Å². The first-order valence-electron chi connectivity index (χ1n) is 7.63. The number of nitrogen functional groups attached to an aromatic ring is 1. The van der Waals surface area contributed by atoms with Crippen molar-refractivity contribution in [2.75, 3.05) is 23.7 Å². The van der Waals surface area contributed by atoms with E-state index in [1.165, 1.54) is 19.3 Å². The van der Waals surface area contributed by atoms with Gasteiger partial charge in [-0.1, -0.05) is 36.4 Å². The van der Waals surface area contributed by atoms with E-state index in [9.17, 15) is 5.11 Å². The molecule has 3 heteroatoms. The monoisotopic (exact) mass is 282 g/mol. The second kappa shape index (κ2) is 6.19. The van der Waals surface area contributed by atoms with Gasteiger partial charge in [0, 0.05) is 13.1 Å². The molecule has 1 unspecified atom stereocenters. The van der Waals surface area contributed by atoms with Crippen LogP contribution in [0.2, 0.25) is 0 Å². The van der Waals surface area contributed by atoms with Gasteiger partial charge < -0.3 is 15.7 Å². The van der Waals surface area contributed by atoms with Crippen LogP contribution in [0.4, 0.5) is 11.4 Å². The lowest BCUT2D eigenvalue weighted by Crippen LogP contribution is -2.30. The molecule has 3 nitrogen and oxygen atoms in total. The highest BCUT2D eigenvalue weighted by molar-refractivity contribution is 5.69. The molecule has 110 valence electrons. The third-order valence-electron chi connectivity index (χ3n) is 4.18. The number of nitrogens with two attached hydrogens (primary N) is 1. The van der Waals surface area contributed by atoms with Crippen LogP contribution in [0.15, 0.2) is 48.5 Å². The molecule has 21 heavy (non-hydrogen) atoms. The summed E-state index contributed by atoms with van der Waals surface area (Å²) in [5, 5.41) is 10.4. The summed E-state index contributed by atoms with van der Waals surface area (Å²) in [6.07, 6.45) is 3.15. The summed E-state index contributed by atoms with van der Waals surface area (Å²) in [5.41, 5.74) is 9.80. The van der Waals surface area contributed by atoms with Gasteiger partial charge in [0.2, 0.25) is 0 Å². The van der Waals surface area contributed by atoms with Crippen LogP contribution in [-0.2, 0) is 0 Å². The molecular weight excluding hydrogens is 260 g/mol. The van der Waals surface area contributed by atoms with Crippen molar-refractivity contribution in [3.63, 3.8) is 0 Å². The molecule has 0 amide bonds. The van der Waals surface area contributed by atoms with Crippen molar-refractivity contribution in [1.82, 2.24) is 0 Å². The van der Waals surface area contributed by atoms with Gasteiger partial charge in [0.15, 0.2) is 0 Å². The van der Waals surface area contributed by atoms with Gasteiger partial charge in [0.25, 0.3) is 0 Å². The first kappa shape index (κ1) is 14.0. The Morgan fingerprint density at radius 1 is 0.905 bits per heavy atom.